The highest BCUT2D eigenvalue weighted by molar-refractivity contribution is 7.98. The summed E-state index contributed by atoms with van der Waals surface area (Å²) in [5.41, 5.74) is 7.44. The topological polar surface area (TPSA) is 149 Å². The Balaban J connectivity index is 1.95. The fraction of sp³-hybridized carbons (Fsp3) is 0.143. The highest BCUT2D eigenvalue weighted by atomic mass is 32.2. The number of hydrogen-bond donors (Lipinski definition) is 4. The van der Waals surface area contributed by atoms with E-state index in [4.69, 9.17) is 16.1 Å². The molecule has 2 heterocycles. The first-order chi connectivity index (χ1) is 8.19. The van der Waals surface area contributed by atoms with Gasteiger partial charge in [0, 0.05) is 6.07 Å². The monoisotopic (exact) mass is 255 g/mol. The minimum Gasteiger partial charge on any atom is -0.368 e. The van der Waals surface area contributed by atoms with Crippen LogP contribution in [0.15, 0.2) is 15.7 Å². The Kier molecular flexibility index (Phi) is 3.25. The highest BCUT2D eigenvalue weighted by Gasteiger charge is 2.12. The average molecular weight is 255 g/mol. The Morgan fingerprint density at radius 3 is 3.12 bits per heavy atom. The molecule has 0 aromatic carbocycles. The molecule has 9 nitrogen and oxygen atoms in total. The summed E-state index contributed by atoms with van der Waals surface area (Å²) in [5, 5.41) is 10.4. The van der Waals surface area contributed by atoms with E-state index in [2.05, 4.69) is 20.3 Å². The molecule has 0 bridgehead atoms. The van der Waals surface area contributed by atoms with Crippen molar-refractivity contribution in [2.75, 3.05) is 5.73 Å². The van der Waals surface area contributed by atoms with E-state index in [1.165, 1.54) is 17.8 Å². The molecular formula is C7H9N7O2S. The average Bonchev–Trinajstić information content (AvgIpc) is 2.94. The molecule has 2 aromatic heterocycles. The van der Waals surface area contributed by atoms with E-state index in [9.17, 15) is 4.79 Å². The van der Waals surface area contributed by atoms with E-state index in [0.29, 0.717) is 16.7 Å². The summed E-state index contributed by atoms with van der Waals surface area (Å²) >= 11 is 1.30. The van der Waals surface area contributed by atoms with Gasteiger partial charge < -0.3 is 10.3 Å². The Hall–Kier alpha value is -2.07. The second-order valence-corrected chi connectivity index (χ2v) is 3.89. The van der Waals surface area contributed by atoms with E-state index in [-0.39, 0.29) is 11.6 Å². The maximum absolute atomic E-state index is 11.1. The maximum Gasteiger partial charge on any atom is 0.287 e. The van der Waals surface area contributed by atoms with Crippen LogP contribution in [0.1, 0.15) is 16.2 Å². The van der Waals surface area contributed by atoms with Crippen LogP contribution in [0.4, 0.5) is 5.95 Å². The van der Waals surface area contributed by atoms with Crippen LogP contribution in [0.5, 0.6) is 0 Å². The number of amides is 1. The lowest BCUT2D eigenvalue weighted by Crippen LogP contribution is -2.30. The smallest absolute Gasteiger partial charge is 0.287 e. The van der Waals surface area contributed by atoms with Crippen LogP contribution in [0, 0.1) is 0 Å². The molecule has 0 aliphatic heterocycles. The van der Waals surface area contributed by atoms with Gasteiger partial charge in [-0.2, -0.15) is 4.98 Å². The first kappa shape index (κ1) is 11.4. The summed E-state index contributed by atoms with van der Waals surface area (Å²) < 4.78 is 4.93. The molecule has 2 aromatic rings. The van der Waals surface area contributed by atoms with Gasteiger partial charge in [-0.25, -0.2) is 10.9 Å². The van der Waals surface area contributed by atoms with Gasteiger partial charge >= 0.3 is 0 Å². The van der Waals surface area contributed by atoms with Crippen LogP contribution in [0.2, 0.25) is 0 Å². The van der Waals surface area contributed by atoms with Crippen LogP contribution < -0.4 is 17.0 Å². The van der Waals surface area contributed by atoms with Gasteiger partial charge in [-0.3, -0.25) is 10.2 Å². The van der Waals surface area contributed by atoms with E-state index >= 15 is 0 Å². The molecule has 0 radical (unpaired) electrons. The van der Waals surface area contributed by atoms with Gasteiger partial charge in [0.25, 0.3) is 5.91 Å². The normalized spacial score (nSPS) is 10.4. The summed E-state index contributed by atoms with van der Waals surface area (Å²) in [4.78, 5) is 15.0. The number of nitrogens with one attached hydrogen (secondary N) is 2. The lowest BCUT2D eigenvalue weighted by Gasteiger charge is -1.90. The zero-order valence-electron chi connectivity index (χ0n) is 8.51. The van der Waals surface area contributed by atoms with Crippen LogP contribution >= 0.6 is 11.8 Å². The fourth-order valence-corrected chi connectivity index (χ4v) is 1.70. The van der Waals surface area contributed by atoms with Gasteiger partial charge in [0.1, 0.15) is 5.76 Å². The predicted molar refractivity (Wildman–Crippen MR) is 58.5 cm³/mol. The number of aromatic amines is 1. The Morgan fingerprint density at radius 2 is 2.47 bits per heavy atom. The van der Waals surface area contributed by atoms with E-state index in [1.807, 2.05) is 5.43 Å². The molecule has 17 heavy (non-hydrogen) atoms. The maximum atomic E-state index is 11.1. The quantitative estimate of drug-likeness (QED) is 0.242. The van der Waals surface area contributed by atoms with Crippen molar-refractivity contribution in [2.45, 2.75) is 10.9 Å². The second kappa shape index (κ2) is 4.84. The van der Waals surface area contributed by atoms with Crippen LogP contribution in [0.3, 0.4) is 0 Å². The molecule has 0 saturated heterocycles. The standard InChI is InChI=1S/C7H9N7O2S/c8-6-10-7(13-12-6)17-2-3-1-4(14-16-3)5(15)11-9/h1H,2,9H2,(H,11,15)(H3,8,10,12,13). The molecule has 0 fully saturated rings. The largest absolute Gasteiger partial charge is 0.368 e. The third-order valence-electron chi connectivity index (χ3n) is 1.75. The zero-order valence-corrected chi connectivity index (χ0v) is 9.32. The van der Waals surface area contributed by atoms with E-state index in [0.717, 1.165) is 0 Å². The lowest BCUT2D eigenvalue weighted by molar-refractivity contribution is 0.0944. The summed E-state index contributed by atoms with van der Waals surface area (Å²) in [6.07, 6.45) is 0. The number of nitrogens with two attached hydrogens (primary N) is 2. The summed E-state index contributed by atoms with van der Waals surface area (Å²) in [6.45, 7) is 0. The number of thioether (sulfide) groups is 1. The first-order valence-corrected chi connectivity index (χ1v) is 5.45. The van der Waals surface area contributed by atoms with Gasteiger partial charge in [0.05, 0.1) is 5.75 Å². The van der Waals surface area contributed by atoms with Crippen LogP contribution in [-0.4, -0.2) is 26.2 Å². The molecule has 0 saturated carbocycles. The van der Waals surface area contributed by atoms with Crippen molar-refractivity contribution < 1.29 is 9.32 Å². The van der Waals surface area contributed by atoms with Crippen molar-refractivity contribution in [3.8, 4) is 0 Å². The second-order valence-electron chi connectivity index (χ2n) is 2.94. The van der Waals surface area contributed by atoms with Gasteiger partial charge in [-0.15, -0.1) is 5.10 Å². The predicted octanol–water partition coefficient (Wildman–Crippen LogP) is -0.729. The number of aromatic nitrogens is 4. The molecule has 6 N–H and O–H groups in total. The van der Waals surface area contributed by atoms with Crippen molar-refractivity contribution in [1.29, 1.82) is 0 Å². The number of carbonyl (C=O) groups excluding carboxylic acids is 1. The fourth-order valence-electron chi connectivity index (χ4n) is 1.02. The Labute approximate surface area is 99.3 Å². The molecule has 0 unspecified atom stereocenters. The number of rotatable bonds is 4. The lowest BCUT2D eigenvalue weighted by atomic mass is 10.4. The molecule has 90 valence electrons. The summed E-state index contributed by atoms with van der Waals surface area (Å²) in [7, 11) is 0. The number of H-pyrrole nitrogens is 1. The van der Waals surface area contributed by atoms with Crippen LogP contribution in [0.25, 0.3) is 0 Å². The number of nitrogens with zero attached hydrogens (tertiary/aromatic N) is 3. The SMILES string of the molecule is NNC(=O)c1cc(CSc2n[nH]c(N)n2)on1. The molecular weight excluding hydrogens is 246 g/mol. The molecule has 1 amide bonds. The van der Waals surface area contributed by atoms with E-state index in [1.54, 1.807) is 0 Å². The van der Waals surface area contributed by atoms with Crippen molar-refractivity contribution in [2.24, 2.45) is 5.84 Å². The van der Waals surface area contributed by atoms with Crippen LogP contribution in [-0.2, 0) is 5.75 Å². The molecule has 10 heteroatoms. The molecule has 2 rings (SSSR count). The molecule has 0 spiro atoms. The van der Waals surface area contributed by atoms with Gasteiger partial charge in [0.2, 0.25) is 11.1 Å². The third kappa shape index (κ3) is 2.73. The van der Waals surface area contributed by atoms with Gasteiger partial charge in [0.15, 0.2) is 5.69 Å². The summed E-state index contributed by atoms with van der Waals surface area (Å²) in [5.74, 6) is 5.64. The first-order valence-electron chi connectivity index (χ1n) is 4.46. The number of nitrogen functional groups attached to an aromatic ring is 2. The number of anilines is 1. The van der Waals surface area contributed by atoms with Gasteiger partial charge in [-0.1, -0.05) is 16.9 Å². The molecule has 0 aliphatic rings. The van der Waals surface area contributed by atoms with Crippen molar-refractivity contribution in [1.82, 2.24) is 25.8 Å². The highest BCUT2D eigenvalue weighted by Crippen LogP contribution is 2.19. The molecule has 0 atom stereocenters. The van der Waals surface area contributed by atoms with Crippen molar-refractivity contribution in [3.05, 3.63) is 17.5 Å². The zero-order chi connectivity index (χ0) is 12.3. The number of hydrazine groups is 1. The van der Waals surface area contributed by atoms with Crippen molar-refractivity contribution >= 4 is 23.6 Å². The minimum absolute atomic E-state index is 0.123. The number of carbonyl (C=O) groups is 1. The summed E-state index contributed by atoms with van der Waals surface area (Å²) in [6, 6.07) is 1.49. The minimum atomic E-state index is -0.507. The van der Waals surface area contributed by atoms with Gasteiger partial charge in [-0.05, 0) is 0 Å². The number of hydrogen-bond acceptors (Lipinski definition) is 8. The Morgan fingerprint density at radius 1 is 1.65 bits per heavy atom. The third-order valence-corrected chi connectivity index (χ3v) is 2.62. The molecule has 0 aliphatic carbocycles. The van der Waals surface area contributed by atoms with Crippen molar-refractivity contribution in [3.63, 3.8) is 0 Å². The Bertz CT molecular complexity index is 522. The van der Waals surface area contributed by atoms with E-state index < -0.39 is 5.91 Å².